The summed E-state index contributed by atoms with van der Waals surface area (Å²) in [7, 11) is 0. The highest BCUT2D eigenvalue weighted by Gasteiger charge is 2.53. The number of hydrogen-bond donors (Lipinski definition) is 1. The lowest BCUT2D eigenvalue weighted by Gasteiger charge is -2.23. The quantitative estimate of drug-likeness (QED) is 0.394. The van der Waals surface area contributed by atoms with E-state index in [9.17, 15) is 13.2 Å². The Bertz CT molecular complexity index is 662. The van der Waals surface area contributed by atoms with Gasteiger partial charge in [0.25, 0.3) is 0 Å². The molecule has 3 fully saturated rings. The van der Waals surface area contributed by atoms with Crippen LogP contribution in [-0.2, 0) is 17.8 Å². The molecule has 0 spiro atoms. The van der Waals surface area contributed by atoms with Gasteiger partial charge in [0.05, 0.1) is 12.2 Å². The van der Waals surface area contributed by atoms with Crippen LogP contribution in [-0.4, -0.2) is 58.4 Å². The van der Waals surface area contributed by atoms with E-state index in [4.69, 9.17) is 4.74 Å². The molecule has 3 saturated heterocycles. The van der Waals surface area contributed by atoms with Gasteiger partial charge in [-0.15, -0.1) is 24.0 Å². The average molecular weight is 499 g/mol. The summed E-state index contributed by atoms with van der Waals surface area (Å²) in [5, 5.41) is 3.27. The van der Waals surface area contributed by atoms with Gasteiger partial charge in [0.1, 0.15) is 18.9 Å². The average Bonchev–Trinajstić information content (AvgIpc) is 3.31. The first-order chi connectivity index (χ1) is 12.4. The number of halogens is 4. The van der Waals surface area contributed by atoms with Crippen LogP contribution in [0.25, 0.3) is 0 Å². The number of likely N-dealkylation sites (tertiary alicyclic amines) is 1. The van der Waals surface area contributed by atoms with Crippen LogP contribution in [0, 0.1) is 11.8 Å². The number of guanidine groups is 1. The summed E-state index contributed by atoms with van der Waals surface area (Å²) in [6, 6.07) is 0. The number of nitrogens with one attached hydrogen (secondary N) is 1. The molecular formula is C17H25F3IN5O. The molecule has 152 valence electrons. The maximum absolute atomic E-state index is 12.7. The van der Waals surface area contributed by atoms with E-state index in [0.29, 0.717) is 36.4 Å². The number of aliphatic imine (C=N–C) groups is 1. The number of fused-ring (bicyclic) bond motifs is 5. The summed E-state index contributed by atoms with van der Waals surface area (Å²) >= 11 is 0. The molecule has 4 rings (SSSR count). The van der Waals surface area contributed by atoms with E-state index < -0.39 is 12.7 Å². The van der Waals surface area contributed by atoms with Gasteiger partial charge in [-0.25, -0.2) is 9.98 Å². The second-order valence-electron chi connectivity index (χ2n) is 7.28. The van der Waals surface area contributed by atoms with E-state index in [2.05, 4.69) is 20.2 Å². The fraction of sp³-hybridized carbons (Fsp3) is 0.765. The summed E-state index contributed by atoms with van der Waals surface area (Å²) in [5.74, 6) is 2.16. The maximum Gasteiger partial charge on any atom is 0.406 e. The molecule has 4 atom stereocenters. The smallest absolute Gasteiger partial charge is 0.374 e. The molecule has 3 aliphatic heterocycles. The van der Waals surface area contributed by atoms with Gasteiger partial charge in [0.2, 0.25) is 0 Å². The first-order valence-electron chi connectivity index (χ1n) is 9.20. The Balaban J connectivity index is 0.00000210. The van der Waals surface area contributed by atoms with Gasteiger partial charge in [-0.3, -0.25) is 0 Å². The van der Waals surface area contributed by atoms with Crippen molar-refractivity contribution in [2.24, 2.45) is 16.8 Å². The van der Waals surface area contributed by atoms with Gasteiger partial charge >= 0.3 is 6.18 Å². The van der Waals surface area contributed by atoms with E-state index in [1.165, 1.54) is 12.4 Å². The van der Waals surface area contributed by atoms with E-state index in [1.807, 2.05) is 6.92 Å². The van der Waals surface area contributed by atoms with Gasteiger partial charge in [-0.05, 0) is 19.8 Å². The molecule has 27 heavy (non-hydrogen) atoms. The highest BCUT2D eigenvalue weighted by atomic mass is 127. The Morgan fingerprint density at radius 1 is 1.30 bits per heavy atom. The summed E-state index contributed by atoms with van der Waals surface area (Å²) in [5.41, 5.74) is 0. The van der Waals surface area contributed by atoms with Gasteiger partial charge in [0, 0.05) is 43.9 Å². The lowest BCUT2D eigenvalue weighted by Crippen LogP contribution is -2.41. The molecule has 0 aliphatic carbocycles. The molecule has 10 heteroatoms. The molecular weight excluding hydrogens is 474 g/mol. The molecule has 4 heterocycles. The number of ether oxygens (including phenoxy) is 1. The van der Waals surface area contributed by atoms with Crippen molar-refractivity contribution in [3.8, 4) is 0 Å². The maximum atomic E-state index is 12.7. The predicted octanol–water partition coefficient (Wildman–Crippen LogP) is 2.64. The number of hydrogen-bond acceptors (Lipinski definition) is 3. The topological polar surface area (TPSA) is 54.7 Å². The number of alkyl halides is 3. The number of aromatic nitrogens is 2. The molecule has 1 aromatic heterocycles. The molecule has 1 N–H and O–H groups in total. The van der Waals surface area contributed by atoms with Crippen molar-refractivity contribution in [3.63, 3.8) is 0 Å². The number of imidazole rings is 1. The van der Waals surface area contributed by atoms with Crippen LogP contribution in [0.3, 0.4) is 0 Å². The minimum atomic E-state index is -4.27. The largest absolute Gasteiger partial charge is 0.406 e. The lowest BCUT2D eigenvalue weighted by molar-refractivity contribution is -0.141. The monoisotopic (exact) mass is 499 g/mol. The second kappa shape index (κ2) is 8.14. The van der Waals surface area contributed by atoms with Crippen molar-refractivity contribution >= 4 is 29.9 Å². The van der Waals surface area contributed by atoms with E-state index >= 15 is 0 Å². The van der Waals surface area contributed by atoms with Gasteiger partial charge in [-0.2, -0.15) is 13.2 Å². The first-order valence-corrected chi connectivity index (χ1v) is 9.20. The zero-order valence-corrected chi connectivity index (χ0v) is 17.5. The van der Waals surface area contributed by atoms with Crippen molar-refractivity contribution in [1.29, 1.82) is 0 Å². The van der Waals surface area contributed by atoms with E-state index in [-0.39, 0.29) is 30.5 Å². The second-order valence-corrected chi connectivity index (χ2v) is 7.28. The standard InChI is InChI=1S/C17H24F3N5O.HI/c1-2-21-16(23-7-15-22-5-6-24(15)10-17(18,19)20)25-8-11-12(9-25)14-4-3-13(11)26-14;/h5-6,11-14H,2-4,7-10H2,1H3,(H,21,23);1H. The summed E-state index contributed by atoms with van der Waals surface area (Å²) in [4.78, 5) is 10.8. The molecule has 2 bridgehead atoms. The third-order valence-corrected chi connectivity index (χ3v) is 5.61. The van der Waals surface area contributed by atoms with Crippen LogP contribution in [0.1, 0.15) is 25.6 Å². The number of nitrogens with zero attached hydrogens (tertiary/aromatic N) is 4. The molecule has 0 amide bonds. The van der Waals surface area contributed by atoms with Gasteiger partial charge < -0.3 is 19.5 Å². The Labute approximate surface area is 173 Å². The molecule has 0 aromatic carbocycles. The minimum absolute atomic E-state index is 0. The van der Waals surface area contributed by atoms with Crippen molar-refractivity contribution in [3.05, 3.63) is 18.2 Å². The van der Waals surface area contributed by atoms with Crippen molar-refractivity contribution in [2.75, 3.05) is 19.6 Å². The third-order valence-electron chi connectivity index (χ3n) is 5.61. The summed E-state index contributed by atoms with van der Waals surface area (Å²) in [6.45, 7) is 3.59. The van der Waals surface area contributed by atoms with E-state index in [1.54, 1.807) is 0 Å². The SMILES string of the molecule is CCNC(=NCc1nccn1CC(F)(F)F)N1CC2C3CCC(O3)C2C1.I. The normalized spacial score (nSPS) is 29.8. The molecule has 4 unspecified atom stereocenters. The Morgan fingerprint density at radius 3 is 2.56 bits per heavy atom. The predicted molar refractivity (Wildman–Crippen MR) is 105 cm³/mol. The molecule has 0 radical (unpaired) electrons. The molecule has 1 aromatic rings. The zero-order valence-electron chi connectivity index (χ0n) is 15.2. The van der Waals surface area contributed by atoms with Crippen LogP contribution < -0.4 is 5.32 Å². The van der Waals surface area contributed by atoms with Crippen LogP contribution in [0.4, 0.5) is 13.2 Å². The van der Waals surface area contributed by atoms with Crippen LogP contribution in [0.15, 0.2) is 17.4 Å². The van der Waals surface area contributed by atoms with Crippen LogP contribution in [0.5, 0.6) is 0 Å². The highest BCUT2D eigenvalue weighted by molar-refractivity contribution is 14.0. The Morgan fingerprint density at radius 2 is 1.96 bits per heavy atom. The molecule has 3 aliphatic rings. The molecule has 6 nitrogen and oxygen atoms in total. The Kier molecular flexibility index (Phi) is 6.24. The minimum Gasteiger partial charge on any atom is -0.374 e. The first kappa shape index (κ1) is 20.7. The Hall–Kier alpha value is -1.04. The van der Waals surface area contributed by atoms with Crippen molar-refractivity contribution < 1.29 is 17.9 Å². The van der Waals surface area contributed by atoms with Crippen LogP contribution in [0.2, 0.25) is 0 Å². The molecule has 0 saturated carbocycles. The van der Waals surface area contributed by atoms with Crippen molar-refractivity contribution in [1.82, 2.24) is 19.8 Å². The lowest BCUT2D eigenvalue weighted by atomic mass is 9.82. The summed E-state index contributed by atoms with van der Waals surface area (Å²) in [6.07, 6.45) is 1.48. The van der Waals surface area contributed by atoms with Gasteiger partial charge in [0.15, 0.2) is 5.96 Å². The van der Waals surface area contributed by atoms with E-state index in [0.717, 1.165) is 36.5 Å². The zero-order chi connectivity index (χ0) is 18.3. The number of rotatable bonds is 4. The fourth-order valence-corrected chi connectivity index (χ4v) is 4.53. The van der Waals surface area contributed by atoms with Crippen molar-refractivity contribution in [2.45, 2.75) is 51.2 Å². The summed E-state index contributed by atoms with van der Waals surface area (Å²) < 4.78 is 45.1. The fourth-order valence-electron chi connectivity index (χ4n) is 4.53. The highest BCUT2D eigenvalue weighted by Crippen LogP contribution is 2.47. The van der Waals surface area contributed by atoms with Crippen LogP contribution >= 0.6 is 24.0 Å². The third kappa shape index (κ3) is 4.36. The van der Waals surface area contributed by atoms with Gasteiger partial charge in [-0.1, -0.05) is 0 Å².